The van der Waals surface area contributed by atoms with Crippen LogP contribution in [0.15, 0.2) is 53.1 Å². The first-order chi connectivity index (χ1) is 12.9. The van der Waals surface area contributed by atoms with Gasteiger partial charge in [0.15, 0.2) is 0 Å². The highest BCUT2D eigenvalue weighted by atomic mass is 19.1. The molecule has 27 heavy (non-hydrogen) atoms. The lowest BCUT2D eigenvalue weighted by Gasteiger charge is -2.17. The summed E-state index contributed by atoms with van der Waals surface area (Å²) in [5, 5.41) is 3.90. The first-order valence-electron chi connectivity index (χ1n) is 8.58. The van der Waals surface area contributed by atoms with E-state index in [1.165, 1.54) is 12.1 Å². The molecule has 140 valence electrons. The average Bonchev–Trinajstić information content (AvgIpc) is 2.99. The average molecular weight is 368 g/mol. The molecule has 1 amide bonds. The number of nitrogens with zero attached hydrogens (tertiary/aromatic N) is 2. The fourth-order valence-corrected chi connectivity index (χ4v) is 2.71. The van der Waals surface area contributed by atoms with Crippen molar-refractivity contribution in [3.8, 4) is 5.75 Å². The standard InChI is InChI=1S/C21H21FN2O3/c1-14-20(15(2)27-23-14)13-26-19-10-6-17(7-11-19)21(25)24(3)12-16-4-8-18(22)9-5-16/h4-11H,12-13H2,1-3H3. The molecule has 0 aliphatic carbocycles. The summed E-state index contributed by atoms with van der Waals surface area (Å²) in [6.45, 7) is 4.48. The maximum absolute atomic E-state index is 13.0. The molecule has 1 heterocycles. The monoisotopic (exact) mass is 368 g/mol. The lowest BCUT2D eigenvalue weighted by Crippen LogP contribution is -2.26. The summed E-state index contributed by atoms with van der Waals surface area (Å²) >= 11 is 0. The van der Waals surface area contributed by atoms with Crippen molar-refractivity contribution in [1.29, 1.82) is 0 Å². The normalized spacial score (nSPS) is 10.7. The summed E-state index contributed by atoms with van der Waals surface area (Å²) in [6, 6.07) is 13.1. The van der Waals surface area contributed by atoms with Gasteiger partial charge in [-0.1, -0.05) is 17.3 Å². The molecule has 0 radical (unpaired) electrons. The highest BCUT2D eigenvalue weighted by Crippen LogP contribution is 2.19. The van der Waals surface area contributed by atoms with E-state index >= 15 is 0 Å². The Bertz CT molecular complexity index is 898. The third-order valence-electron chi connectivity index (χ3n) is 4.35. The minimum Gasteiger partial charge on any atom is -0.489 e. The number of rotatable bonds is 6. The zero-order chi connectivity index (χ0) is 19.4. The summed E-state index contributed by atoms with van der Waals surface area (Å²) in [5.41, 5.74) is 3.16. The van der Waals surface area contributed by atoms with Crippen molar-refractivity contribution in [3.63, 3.8) is 0 Å². The Morgan fingerprint density at radius 2 is 1.78 bits per heavy atom. The number of benzene rings is 2. The van der Waals surface area contributed by atoms with Crippen molar-refractivity contribution in [3.05, 3.63) is 82.5 Å². The zero-order valence-electron chi connectivity index (χ0n) is 15.5. The van der Waals surface area contributed by atoms with E-state index in [-0.39, 0.29) is 11.7 Å². The molecule has 0 aliphatic rings. The molecular formula is C21H21FN2O3. The largest absolute Gasteiger partial charge is 0.489 e. The number of halogens is 1. The number of amides is 1. The second-order valence-corrected chi connectivity index (χ2v) is 6.40. The van der Waals surface area contributed by atoms with E-state index in [1.54, 1.807) is 48.3 Å². The molecule has 0 saturated heterocycles. The first kappa shape index (κ1) is 18.6. The van der Waals surface area contributed by atoms with Gasteiger partial charge in [-0.3, -0.25) is 4.79 Å². The highest BCUT2D eigenvalue weighted by Gasteiger charge is 2.13. The van der Waals surface area contributed by atoms with Gasteiger partial charge in [-0.25, -0.2) is 4.39 Å². The smallest absolute Gasteiger partial charge is 0.253 e. The molecule has 5 nitrogen and oxygen atoms in total. The maximum atomic E-state index is 13.0. The Morgan fingerprint density at radius 3 is 2.37 bits per heavy atom. The summed E-state index contributed by atoms with van der Waals surface area (Å²) in [7, 11) is 1.72. The quantitative estimate of drug-likeness (QED) is 0.652. The van der Waals surface area contributed by atoms with Crippen LogP contribution >= 0.6 is 0 Å². The molecular weight excluding hydrogens is 347 g/mol. The van der Waals surface area contributed by atoms with Crippen molar-refractivity contribution in [2.45, 2.75) is 27.0 Å². The van der Waals surface area contributed by atoms with Gasteiger partial charge >= 0.3 is 0 Å². The number of hydrogen-bond donors (Lipinski definition) is 0. The summed E-state index contributed by atoms with van der Waals surface area (Å²) in [6.07, 6.45) is 0. The van der Waals surface area contributed by atoms with Gasteiger partial charge in [-0.2, -0.15) is 0 Å². The van der Waals surface area contributed by atoms with Crippen molar-refractivity contribution in [2.24, 2.45) is 0 Å². The molecule has 0 atom stereocenters. The second kappa shape index (κ2) is 8.03. The Morgan fingerprint density at radius 1 is 1.11 bits per heavy atom. The second-order valence-electron chi connectivity index (χ2n) is 6.40. The van der Waals surface area contributed by atoms with E-state index in [0.29, 0.717) is 24.5 Å². The molecule has 6 heteroatoms. The molecule has 0 saturated carbocycles. The Balaban J connectivity index is 1.60. The van der Waals surface area contributed by atoms with Crippen molar-refractivity contribution >= 4 is 5.91 Å². The van der Waals surface area contributed by atoms with E-state index in [9.17, 15) is 9.18 Å². The SMILES string of the molecule is Cc1noc(C)c1COc1ccc(C(=O)N(C)Cc2ccc(F)cc2)cc1. The van der Waals surface area contributed by atoms with Crippen LogP contribution in [0.3, 0.4) is 0 Å². The van der Waals surface area contributed by atoms with E-state index in [2.05, 4.69) is 5.16 Å². The summed E-state index contributed by atoms with van der Waals surface area (Å²) in [4.78, 5) is 14.1. The minimum absolute atomic E-state index is 0.114. The lowest BCUT2D eigenvalue weighted by molar-refractivity contribution is 0.0785. The molecule has 0 N–H and O–H groups in total. The number of hydrogen-bond acceptors (Lipinski definition) is 4. The predicted molar refractivity (Wildman–Crippen MR) is 98.9 cm³/mol. The lowest BCUT2D eigenvalue weighted by atomic mass is 10.1. The van der Waals surface area contributed by atoms with Gasteiger partial charge in [0.1, 0.15) is 23.9 Å². The summed E-state index contributed by atoms with van der Waals surface area (Å²) < 4.78 is 23.8. The molecule has 3 rings (SSSR count). The van der Waals surface area contributed by atoms with Gasteiger partial charge in [0, 0.05) is 19.2 Å². The van der Waals surface area contributed by atoms with E-state index in [0.717, 1.165) is 22.6 Å². The molecule has 3 aromatic rings. The maximum Gasteiger partial charge on any atom is 0.253 e. The zero-order valence-corrected chi connectivity index (χ0v) is 15.5. The van der Waals surface area contributed by atoms with Gasteiger partial charge in [0.25, 0.3) is 5.91 Å². The van der Waals surface area contributed by atoms with Crippen LogP contribution in [0.4, 0.5) is 4.39 Å². The first-order valence-corrected chi connectivity index (χ1v) is 8.58. The number of ether oxygens (including phenoxy) is 1. The van der Waals surface area contributed by atoms with Gasteiger partial charge in [-0.15, -0.1) is 0 Å². The fourth-order valence-electron chi connectivity index (χ4n) is 2.71. The van der Waals surface area contributed by atoms with Crippen molar-refractivity contribution in [1.82, 2.24) is 10.1 Å². The minimum atomic E-state index is -0.292. The molecule has 2 aromatic carbocycles. The number of aromatic nitrogens is 1. The van der Waals surface area contributed by atoms with Crippen LogP contribution in [0, 0.1) is 19.7 Å². The van der Waals surface area contributed by atoms with E-state index in [1.807, 2.05) is 13.8 Å². The molecule has 0 bridgehead atoms. The van der Waals surface area contributed by atoms with Crippen LogP contribution in [0.1, 0.15) is 32.9 Å². The Hall–Kier alpha value is -3.15. The van der Waals surface area contributed by atoms with Gasteiger partial charge in [0.05, 0.1) is 11.3 Å². The van der Waals surface area contributed by atoms with E-state index < -0.39 is 0 Å². The topological polar surface area (TPSA) is 55.6 Å². The highest BCUT2D eigenvalue weighted by molar-refractivity contribution is 5.94. The van der Waals surface area contributed by atoms with Gasteiger partial charge in [-0.05, 0) is 55.8 Å². The van der Waals surface area contributed by atoms with Gasteiger partial charge < -0.3 is 14.2 Å². The van der Waals surface area contributed by atoms with Crippen LogP contribution in [0.25, 0.3) is 0 Å². The molecule has 0 aliphatic heterocycles. The third kappa shape index (κ3) is 4.53. The Kier molecular flexibility index (Phi) is 5.54. The van der Waals surface area contributed by atoms with Crippen LogP contribution in [0.5, 0.6) is 5.75 Å². The number of carbonyl (C=O) groups is 1. The molecule has 0 spiro atoms. The van der Waals surface area contributed by atoms with Gasteiger partial charge in [0.2, 0.25) is 0 Å². The van der Waals surface area contributed by atoms with Crippen LogP contribution in [-0.2, 0) is 13.2 Å². The number of carbonyl (C=O) groups excluding carboxylic acids is 1. The van der Waals surface area contributed by atoms with Crippen molar-refractivity contribution in [2.75, 3.05) is 7.05 Å². The van der Waals surface area contributed by atoms with Crippen LogP contribution < -0.4 is 4.74 Å². The number of aryl methyl sites for hydroxylation is 2. The Labute approximate surface area is 157 Å². The van der Waals surface area contributed by atoms with Crippen LogP contribution in [-0.4, -0.2) is 23.0 Å². The van der Waals surface area contributed by atoms with Crippen LogP contribution in [0.2, 0.25) is 0 Å². The third-order valence-corrected chi connectivity index (χ3v) is 4.35. The van der Waals surface area contributed by atoms with Crippen molar-refractivity contribution < 1.29 is 18.4 Å². The summed E-state index contributed by atoms with van der Waals surface area (Å²) in [5.74, 6) is 0.992. The predicted octanol–water partition coefficient (Wildman–Crippen LogP) is 4.28. The molecule has 0 unspecified atom stereocenters. The molecule has 0 fully saturated rings. The fraction of sp³-hybridized carbons (Fsp3) is 0.238. The molecule has 1 aromatic heterocycles. The van der Waals surface area contributed by atoms with E-state index in [4.69, 9.17) is 9.26 Å².